The normalized spacial score (nSPS) is 17.7. The summed E-state index contributed by atoms with van der Waals surface area (Å²) < 4.78 is 17.0. The van der Waals surface area contributed by atoms with Crippen LogP contribution in [0, 0.1) is 23.7 Å². The molecule has 8 unspecified atom stereocenters. The van der Waals surface area contributed by atoms with Crippen LogP contribution in [0.15, 0.2) is 54.6 Å². The second kappa shape index (κ2) is 25.4. The molecule has 16 heteroatoms. The lowest BCUT2D eigenvalue weighted by Gasteiger charge is -2.41. The Morgan fingerprint density at radius 3 is 1.98 bits per heavy atom. The molecule has 3 rings (SSSR count). The summed E-state index contributed by atoms with van der Waals surface area (Å²) in [6.07, 6.45) is -0.0861. The van der Waals surface area contributed by atoms with Gasteiger partial charge in [-0.1, -0.05) is 97.4 Å². The molecule has 0 bridgehead atoms. The Hall–Kier alpha value is -5.06. The van der Waals surface area contributed by atoms with E-state index in [4.69, 9.17) is 19.9 Å². The predicted molar refractivity (Wildman–Crippen MR) is 246 cm³/mol. The number of nitrogens with one attached hydrogen (secondary N) is 3. The maximum absolute atomic E-state index is 14.4. The maximum atomic E-state index is 14.4. The van der Waals surface area contributed by atoms with Crippen LogP contribution < -0.4 is 26.4 Å². The first-order valence-corrected chi connectivity index (χ1v) is 22.5. The fourth-order valence-corrected chi connectivity index (χ4v) is 8.88. The van der Waals surface area contributed by atoms with Crippen LogP contribution in [0.1, 0.15) is 85.3 Å². The van der Waals surface area contributed by atoms with E-state index in [0.29, 0.717) is 25.8 Å². The van der Waals surface area contributed by atoms with Crippen LogP contribution in [0.3, 0.4) is 0 Å². The van der Waals surface area contributed by atoms with Gasteiger partial charge in [0.2, 0.25) is 29.5 Å². The molecular weight excluding hydrogens is 819 g/mol. The third kappa shape index (κ3) is 14.7. The van der Waals surface area contributed by atoms with E-state index in [0.717, 1.165) is 11.1 Å². The van der Waals surface area contributed by atoms with Gasteiger partial charge in [0.1, 0.15) is 17.8 Å². The zero-order valence-electron chi connectivity index (χ0n) is 40.1. The van der Waals surface area contributed by atoms with Crippen molar-refractivity contribution in [1.29, 1.82) is 0 Å². The summed E-state index contributed by atoms with van der Waals surface area (Å²) in [5, 5.41) is 8.91. The Labute approximate surface area is 380 Å². The van der Waals surface area contributed by atoms with Gasteiger partial charge in [-0.15, -0.1) is 0 Å². The van der Waals surface area contributed by atoms with Crippen molar-refractivity contribution < 1.29 is 43.0 Å². The summed E-state index contributed by atoms with van der Waals surface area (Å²) in [7, 11) is 8.47. The van der Waals surface area contributed by atoms with Gasteiger partial charge >= 0.3 is 6.09 Å². The van der Waals surface area contributed by atoms with Gasteiger partial charge in [0.05, 0.1) is 42.7 Å². The molecule has 5 N–H and O–H groups in total. The van der Waals surface area contributed by atoms with Gasteiger partial charge in [-0.2, -0.15) is 0 Å². The molecule has 0 spiro atoms. The number of rotatable bonds is 24. The zero-order valence-corrected chi connectivity index (χ0v) is 40.1. The molecule has 16 nitrogen and oxygen atoms in total. The SMILES string of the molecule is CCC(C)C(C(CC(=O)N1CCC[C@H]1C(OC)C(C)C(=O)NC(Cc1ccccc1)C(=O)NCc1ccc(OC(N)=O)cc1)OC)N(C)C(=O)C(NC(=O)C(C(C)C)N(C)C)C(C)C. The van der Waals surface area contributed by atoms with Gasteiger partial charge in [-0.3, -0.25) is 28.9 Å². The maximum Gasteiger partial charge on any atom is 0.409 e. The largest absolute Gasteiger partial charge is 0.411 e. The van der Waals surface area contributed by atoms with Crippen molar-refractivity contribution in [2.75, 3.05) is 41.9 Å². The van der Waals surface area contributed by atoms with E-state index in [1.807, 2.05) is 90.9 Å². The molecule has 0 saturated carbocycles. The fourth-order valence-electron chi connectivity index (χ4n) is 8.88. The van der Waals surface area contributed by atoms with Crippen LogP contribution in [0.4, 0.5) is 4.79 Å². The Balaban J connectivity index is 1.79. The highest BCUT2D eigenvalue weighted by Gasteiger charge is 2.43. The molecule has 2 aromatic carbocycles. The number of primary amides is 1. The number of likely N-dealkylation sites (tertiary alicyclic amines) is 1. The summed E-state index contributed by atoms with van der Waals surface area (Å²) in [5.74, 6) is -2.19. The molecule has 1 heterocycles. The highest BCUT2D eigenvalue weighted by molar-refractivity contribution is 5.91. The van der Waals surface area contributed by atoms with Crippen molar-refractivity contribution >= 4 is 35.6 Å². The van der Waals surface area contributed by atoms with Crippen LogP contribution in [-0.4, -0.2) is 135 Å². The Kier molecular flexibility index (Phi) is 21.2. The van der Waals surface area contributed by atoms with Crippen LogP contribution in [0.2, 0.25) is 0 Å². The summed E-state index contributed by atoms with van der Waals surface area (Å²) in [6.45, 7) is 14.1. The molecule has 2 aromatic rings. The molecule has 0 aliphatic carbocycles. The molecule has 0 aromatic heterocycles. The van der Waals surface area contributed by atoms with Crippen molar-refractivity contribution in [3.63, 3.8) is 0 Å². The van der Waals surface area contributed by atoms with E-state index in [1.54, 1.807) is 55.1 Å². The van der Waals surface area contributed by atoms with Crippen molar-refractivity contribution in [3.8, 4) is 5.75 Å². The number of hydrogen-bond acceptors (Lipinski definition) is 10. The van der Waals surface area contributed by atoms with E-state index in [9.17, 15) is 28.8 Å². The second-order valence-corrected chi connectivity index (χ2v) is 18.0. The molecule has 1 fully saturated rings. The monoisotopic (exact) mass is 894 g/mol. The number of carbonyl (C=O) groups is 6. The lowest BCUT2D eigenvalue weighted by molar-refractivity contribution is -0.148. The lowest BCUT2D eigenvalue weighted by Crippen LogP contribution is -2.59. The average molecular weight is 894 g/mol. The Bertz CT molecular complexity index is 1820. The van der Waals surface area contributed by atoms with Crippen LogP contribution >= 0.6 is 0 Å². The summed E-state index contributed by atoms with van der Waals surface area (Å²) in [4.78, 5) is 86.4. The number of hydrogen-bond donors (Lipinski definition) is 4. The number of likely N-dealkylation sites (N-methyl/N-ethyl adjacent to an activating group) is 2. The molecule has 64 heavy (non-hydrogen) atoms. The second-order valence-electron chi connectivity index (χ2n) is 18.0. The van der Waals surface area contributed by atoms with E-state index >= 15 is 0 Å². The summed E-state index contributed by atoms with van der Waals surface area (Å²) in [5.41, 5.74) is 6.69. The smallest absolute Gasteiger partial charge is 0.409 e. The molecule has 1 saturated heterocycles. The predicted octanol–water partition coefficient (Wildman–Crippen LogP) is 4.14. The first kappa shape index (κ1) is 53.3. The van der Waals surface area contributed by atoms with Gasteiger partial charge in [0.15, 0.2) is 0 Å². The first-order valence-electron chi connectivity index (χ1n) is 22.5. The minimum atomic E-state index is -0.929. The van der Waals surface area contributed by atoms with E-state index in [2.05, 4.69) is 16.0 Å². The number of methoxy groups -OCH3 is 2. The molecule has 356 valence electrons. The zero-order chi connectivity index (χ0) is 47.8. The van der Waals surface area contributed by atoms with Crippen LogP contribution in [-0.2, 0) is 46.4 Å². The van der Waals surface area contributed by atoms with Gasteiger partial charge < -0.3 is 45.7 Å². The minimum absolute atomic E-state index is 0.0222. The van der Waals surface area contributed by atoms with Crippen molar-refractivity contribution in [2.45, 2.75) is 130 Å². The van der Waals surface area contributed by atoms with Crippen LogP contribution in [0.25, 0.3) is 0 Å². The number of ether oxygens (including phenoxy) is 3. The molecule has 1 aliphatic heterocycles. The Morgan fingerprint density at radius 1 is 0.812 bits per heavy atom. The van der Waals surface area contributed by atoms with Gasteiger partial charge in [-0.25, -0.2) is 4.79 Å². The molecular formula is C48H75N7O9. The third-order valence-electron chi connectivity index (χ3n) is 12.5. The highest BCUT2D eigenvalue weighted by Crippen LogP contribution is 2.30. The number of amides is 6. The first-order chi connectivity index (χ1) is 30.2. The topological polar surface area (TPSA) is 202 Å². The molecule has 6 amide bonds. The number of benzene rings is 2. The summed E-state index contributed by atoms with van der Waals surface area (Å²) in [6, 6.07) is 12.8. The van der Waals surface area contributed by atoms with Gasteiger partial charge in [-0.05, 0) is 68.0 Å². The third-order valence-corrected chi connectivity index (χ3v) is 12.5. The number of nitrogens with two attached hydrogens (primary N) is 1. The van der Waals surface area contributed by atoms with E-state index in [-0.39, 0.29) is 60.6 Å². The average Bonchev–Trinajstić information content (AvgIpc) is 3.74. The Morgan fingerprint density at radius 2 is 1.45 bits per heavy atom. The fraction of sp³-hybridized carbons (Fsp3) is 0.625. The van der Waals surface area contributed by atoms with E-state index in [1.165, 1.54) is 7.11 Å². The van der Waals surface area contributed by atoms with Crippen molar-refractivity contribution in [1.82, 2.24) is 30.7 Å². The number of carbonyl (C=O) groups excluding carboxylic acids is 6. The number of nitrogens with zero attached hydrogens (tertiary/aromatic N) is 3. The highest BCUT2D eigenvalue weighted by atomic mass is 16.5. The summed E-state index contributed by atoms with van der Waals surface area (Å²) >= 11 is 0. The quantitative estimate of drug-likeness (QED) is 0.119. The molecule has 9 atom stereocenters. The lowest BCUT2D eigenvalue weighted by atomic mass is 9.89. The van der Waals surface area contributed by atoms with Crippen molar-refractivity contribution in [2.24, 2.45) is 29.4 Å². The molecule has 1 aliphatic rings. The molecule has 0 radical (unpaired) electrons. The van der Waals surface area contributed by atoms with E-state index < -0.39 is 66.2 Å². The van der Waals surface area contributed by atoms with Gasteiger partial charge in [0.25, 0.3) is 0 Å². The minimum Gasteiger partial charge on any atom is -0.411 e. The van der Waals surface area contributed by atoms with Gasteiger partial charge in [0, 0.05) is 40.8 Å². The van der Waals surface area contributed by atoms with Crippen molar-refractivity contribution in [3.05, 3.63) is 65.7 Å². The standard InChI is InChI=1S/C48H75N7O9/c1-13-31(6)42(54(10)47(60)40(29(2)3)52-46(59)41(30(4)5)53(8)9)38(62-11)27-39(56)55-25-17-20-37(55)43(63-12)32(7)44(57)51-36(26-33-18-15-14-16-19-33)45(58)50-28-34-21-23-35(24-22-34)64-48(49)61/h14-16,18-19,21-24,29-32,36-38,40-43H,13,17,20,25-28H2,1-12H3,(H2,49,61)(H,50,58)(H,51,57)(H,52,59)/t31?,32?,36?,37-,38?,40?,41?,42?,43?/m0/s1. The van der Waals surface area contributed by atoms with Crippen LogP contribution in [0.5, 0.6) is 5.75 Å².